The van der Waals surface area contributed by atoms with Gasteiger partial charge < -0.3 is 5.32 Å². The molecule has 0 aromatic carbocycles. The van der Waals surface area contributed by atoms with E-state index in [0.29, 0.717) is 5.54 Å². The molecule has 0 spiro atoms. The summed E-state index contributed by atoms with van der Waals surface area (Å²) in [5, 5.41) is 11.0. The van der Waals surface area contributed by atoms with Crippen molar-refractivity contribution in [2.24, 2.45) is 0 Å². The second kappa shape index (κ2) is 2.19. The summed E-state index contributed by atoms with van der Waals surface area (Å²) in [6.07, 6.45) is 4.16. The summed E-state index contributed by atoms with van der Waals surface area (Å²) in [6.45, 7) is 2.20. The minimum absolute atomic E-state index is 0.302. The maximum absolute atomic E-state index is 3.94. The van der Waals surface area contributed by atoms with Crippen LogP contribution in [0.2, 0.25) is 0 Å². The number of anilines is 1. The molecule has 1 fully saturated rings. The lowest BCUT2D eigenvalue weighted by Crippen LogP contribution is -2.16. The molecule has 11 heavy (non-hydrogen) atoms. The van der Waals surface area contributed by atoms with Crippen LogP contribution >= 0.6 is 0 Å². The molecule has 1 aromatic heterocycles. The summed E-state index contributed by atoms with van der Waals surface area (Å²) in [5.41, 5.74) is 0.302. The monoisotopic (exact) mass is 149 g/mol. The molecular weight excluding hydrogens is 138 g/mol. The first-order valence-electron chi connectivity index (χ1n) is 3.84. The third-order valence-corrected chi connectivity index (χ3v) is 2.00. The number of nitrogens with one attached hydrogen (secondary N) is 1. The predicted octanol–water partition coefficient (Wildman–Crippen LogP) is 1.44. The van der Waals surface area contributed by atoms with E-state index in [-0.39, 0.29) is 0 Å². The molecule has 0 amide bonds. The van der Waals surface area contributed by atoms with Crippen LogP contribution in [0.4, 0.5) is 5.82 Å². The molecule has 3 nitrogen and oxygen atoms in total. The average Bonchev–Trinajstić information content (AvgIpc) is 2.70. The second-order valence-corrected chi connectivity index (χ2v) is 3.29. The van der Waals surface area contributed by atoms with Gasteiger partial charge in [0.1, 0.15) is 5.82 Å². The van der Waals surface area contributed by atoms with Gasteiger partial charge in [0.05, 0.1) is 0 Å². The Hall–Kier alpha value is -1.12. The third-order valence-electron chi connectivity index (χ3n) is 2.00. The van der Waals surface area contributed by atoms with E-state index in [9.17, 15) is 0 Å². The van der Waals surface area contributed by atoms with Crippen molar-refractivity contribution >= 4 is 5.82 Å². The van der Waals surface area contributed by atoms with Gasteiger partial charge in [-0.2, -0.15) is 5.10 Å². The first kappa shape index (κ1) is 6.58. The number of aromatic nitrogens is 2. The fourth-order valence-electron chi connectivity index (χ4n) is 0.990. The lowest BCUT2D eigenvalue weighted by Gasteiger charge is -2.10. The Morgan fingerprint density at radius 2 is 2.36 bits per heavy atom. The van der Waals surface area contributed by atoms with Crippen LogP contribution in [0.15, 0.2) is 18.3 Å². The van der Waals surface area contributed by atoms with Crippen LogP contribution < -0.4 is 5.32 Å². The molecule has 0 bridgehead atoms. The van der Waals surface area contributed by atoms with Crippen molar-refractivity contribution in [3.05, 3.63) is 18.3 Å². The minimum atomic E-state index is 0.302. The van der Waals surface area contributed by atoms with Crippen molar-refractivity contribution in [1.29, 1.82) is 0 Å². The molecule has 3 heteroatoms. The summed E-state index contributed by atoms with van der Waals surface area (Å²) in [5.74, 6) is 0.882. The molecule has 0 radical (unpaired) electrons. The molecule has 0 atom stereocenters. The van der Waals surface area contributed by atoms with Crippen LogP contribution in [0.1, 0.15) is 19.8 Å². The predicted molar refractivity (Wildman–Crippen MR) is 43.3 cm³/mol. The standard InChI is InChI=1S/C8H11N3/c1-8(4-5-8)10-7-3-2-6-9-11-7/h2-3,6H,4-5H2,1H3,(H,10,11). The normalized spacial score (nSPS) is 19.4. The number of nitrogens with zero attached hydrogens (tertiary/aromatic N) is 2. The van der Waals surface area contributed by atoms with Crippen molar-refractivity contribution in [3.8, 4) is 0 Å². The Labute approximate surface area is 65.8 Å². The van der Waals surface area contributed by atoms with Crippen LogP contribution in [-0.2, 0) is 0 Å². The summed E-state index contributed by atoms with van der Waals surface area (Å²) in [6, 6.07) is 3.83. The molecule has 1 aliphatic carbocycles. The van der Waals surface area contributed by atoms with E-state index >= 15 is 0 Å². The van der Waals surface area contributed by atoms with Gasteiger partial charge in [-0.25, -0.2) is 0 Å². The van der Waals surface area contributed by atoms with Gasteiger partial charge >= 0.3 is 0 Å². The van der Waals surface area contributed by atoms with E-state index in [0.717, 1.165) is 5.82 Å². The Kier molecular flexibility index (Phi) is 1.31. The largest absolute Gasteiger partial charge is 0.363 e. The van der Waals surface area contributed by atoms with Crippen LogP contribution in [-0.4, -0.2) is 15.7 Å². The zero-order valence-electron chi connectivity index (χ0n) is 6.54. The van der Waals surface area contributed by atoms with Crippen molar-refractivity contribution in [3.63, 3.8) is 0 Å². The average molecular weight is 149 g/mol. The molecule has 2 rings (SSSR count). The highest BCUT2D eigenvalue weighted by Gasteiger charge is 2.37. The summed E-state index contributed by atoms with van der Waals surface area (Å²) in [7, 11) is 0. The van der Waals surface area contributed by atoms with Gasteiger partial charge in [-0.1, -0.05) is 0 Å². The molecule has 1 aliphatic rings. The maximum atomic E-state index is 3.94. The molecule has 1 heterocycles. The first-order valence-corrected chi connectivity index (χ1v) is 3.84. The van der Waals surface area contributed by atoms with Gasteiger partial charge in [-0.3, -0.25) is 0 Å². The molecular formula is C8H11N3. The topological polar surface area (TPSA) is 37.8 Å². The highest BCUT2D eigenvalue weighted by molar-refractivity contribution is 5.37. The second-order valence-electron chi connectivity index (χ2n) is 3.29. The molecule has 0 aliphatic heterocycles. The van der Waals surface area contributed by atoms with Crippen molar-refractivity contribution in [2.45, 2.75) is 25.3 Å². The van der Waals surface area contributed by atoms with Crippen LogP contribution in [0.3, 0.4) is 0 Å². The molecule has 1 aromatic rings. The zero-order chi connectivity index (χ0) is 7.73. The van der Waals surface area contributed by atoms with Crippen LogP contribution in [0.5, 0.6) is 0 Å². The first-order chi connectivity index (χ1) is 5.29. The van der Waals surface area contributed by atoms with E-state index in [1.165, 1.54) is 12.8 Å². The Balaban J connectivity index is 2.07. The van der Waals surface area contributed by atoms with E-state index in [1.807, 2.05) is 12.1 Å². The van der Waals surface area contributed by atoms with E-state index < -0.39 is 0 Å². The molecule has 0 saturated heterocycles. The van der Waals surface area contributed by atoms with Crippen molar-refractivity contribution < 1.29 is 0 Å². The zero-order valence-corrected chi connectivity index (χ0v) is 6.54. The number of hydrogen-bond donors (Lipinski definition) is 1. The fraction of sp³-hybridized carbons (Fsp3) is 0.500. The Morgan fingerprint density at radius 1 is 1.55 bits per heavy atom. The molecule has 58 valence electrons. The number of hydrogen-bond acceptors (Lipinski definition) is 3. The summed E-state index contributed by atoms with van der Waals surface area (Å²) in [4.78, 5) is 0. The van der Waals surface area contributed by atoms with Gasteiger partial charge in [-0.05, 0) is 31.9 Å². The van der Waals surface area contributed by atoms with Crippen LogP contribution in [0.25, 0.3) is 0 Å². The maximum Gasteiger partial charge on any atom is 0.149 e. The smallest absolute Gasteiger partial charge is 0.149 e. The Morgan fingerprint density at radius 3 is 2.91 bits per heavy atom. The van der Waals surface area contributed by atoms with Crippen molar-refractivity contribution in [2.75, 3.05) is 5.32 Å². The van der Waals surface area contributed by atoms with Gasteiger partial charge in [0, 0.05) is 11.7 Å². The van der Waals surface area contributed by atoms with Crippen molar-refractivity contribution in [1.82, 2.24) is 10.2 Å². The highest BCUT2D eigenvalue weighted by atomic mass is 15.2. The van der Waals surface area contributed by atoms with Gasteiger partial charge in [0.25, 0.3) is 0 Å². The third kappa shape index (κ3) is 1.48. The lowest BCUT2D eigenvalue weighted by molar-refractivity contribution is 0.812. The van der Waals surface area contributed by atoms with Gasteiger partial charge in [0.15, 0.2) is 0 Å². The van der Waals surface area contributed by atoms with E-state index in [4.69, 9.17) is 0 Å². The molecule has 0 unspecified atom stereocenters. The van der Waals surface area contributed by atoms with E-state index in [1.54, 1.807) is 6.20 Å². The lowest BCUT2D eigenvalue weighted by atomic mass is 10.3. The SMILES string of the molecule is CC1(Nc2cccnn2)CC1. The molecule has 1 saturated carbocycles. The number of rotatable bonds is 2. The van der Waals surface area contributed by atoms with E-state index in [2.05, 4.69) is 22.4 Å². The quantitative estimate of drug-likeness (QED) is 0.691. The molecule has 1 N–H and O–H groups in total. The highest BCUT2D eigenvalue weighted by Crippen LogP contribution is 2.37. The summed E-state index contributed by atoms with van der Waals surface area (Å²) < 4.78 is 0. The minimum Gasteiger partial charge on any atom is -0.363 e. The summed E-state index contributed by atoms with van der Waals surface area (Å²) >= 11 is 0. The van der Waals surface area contributed by atoms with Gasteiger partial charge in [-0.15, -0.1) is 5.10 Å². The Bertz CT molecular complexity index is 241. The van der Waals surface area contributed by atoms with Crippen LogP contribution in [0, 0.1) is 0 Å². The van der Waals surface area contributed by atoms with Gasteiger partial charge in [0.2, 0.25) is 0 Å². The fourth-order valence-corrected chi connectivity index (χ4v) is 0.990.